The zero-order valence-corrected chi connectivity index (χ0v) is 19.4. The second-order valence-corrected chi connectivity index (χ2v) is 8.04. The van der Waals surface area contributed by atoms with Crippen LogP contribution in [0.5, 0.6) is 0 Å². The molecule has 0 aliphatic carbocycles. The molecule has 3 heterocycles. The largest absolute Gasteiger partial charge is 0.390 e. The maximum Gasteiger partial charge on any atom is 0.0422 e. The van der Waals surface area contributed by atoms with E-state index in [1.165, 1.54) is 25.0 Å². The highest BCUT2D eigenvalue weighted by Gasteiger charge is 2.08. The van der Waals surface area contributed by atoms with Crippen LogP contribution < -0.4 is 10.6 Å². The molecule has 0 atom stereocenters. The molecule has 0 saturated heterocycles. The molecule has 6 nitrogen and oxygen atoms in total. The van der Waals surface area contributed by atoms with Crippen molar-refractivity contribution < 1.29 is 0 Å². The Labute approximate surface area is 182 Å². The van der Waals surface area contributed by atoms with Crippen molar-refractivity contribution in [1.82, 2.24) is 10.6 Å². The highest BCUT2D eigenvalue weighted by molar-refractivity contribution is 6.22. The van der Waals surface area contributed by atoms with E-state index < -0.39 is 0 Å². The predicted molar refractivity (Wildman–Crippen MR) is 132 cm³/mol. The molecule has 0 fully saturated rings. The second kappa shape index (κ2) is 13.9. The molecule has 2 N–H and O–H groups in total. The summed E-state index contributed by atoms with van der Waals surface area (Å²) in [7, 11) is 0. The molecule has 2 bridgehead atoms. The first-order chi connectivity index (χ1) is 14.6. The Kier molecular flexibility index (Phi) is 11.1. The fourth-order valence-electron chi connectivity index (χ4n) is 3.56. The van der Waals surface area contributed by atoms with Gasteiger partial charge in [-0.3, -0.25) is 20.0 Å². The summed E-state index contributed by atoms with van der Waals surface area (Å²) in [6.45, 7) is 13.5. The number of aliphatic imine (C=N–C) groups is 4. The van der Waals surface area contributed by atoms with Crippen LogP contribution >= 0.6 is 0 Å². The van der Waals surface area contributed by atoms with Crippen molar-refractivity contribution >= 4 is 23.3 Å². The highest BCUT2D eigenvalue weighted by Crippen LogP contribution is 2.08. The fourth-order valence-corrected chi connectivity index (χ4v) is 3.56. The Morgan fingerprint density at radius 2 is 1.33 bits per heavy atom. The lowest BCUT2D eigenvalue weighted by atomic mass is 10.1. The number of hydrogen-bond donors (Lipinski definition) is 2. The van der Waals surface area contributed by atoms with Crippen molar-refractivity contribution in [2.75, 3.05) is 39.3 Å². The Hall–Kier alpha value is -2.24. The van der Waals surface area contributed by atoms with Crippen LogP contribution in [0.2, 0.25) is 0 Å². The molecule has 3 aliphatic heterocycles. The molecular formula is C24H40N6. The minimum absolute atomic E-state index is 0.775. The van der Waals surface area contributed by atoms with Gasteiger partial charge in [-0.1, -0.05) is 12.8 Å². The van der Waals surface area contributed by atoms with Gasteiger partial charge in [0.15, 0.2) is 0 Å². The summed E-state index contributed by atoms with van der Waals surface area (Å²) in [5.41, 5.74) is 6.58. The lowest BCUT2D eigenvalue weighted by Gasteiger charge is -2.12. The zero-order chi connectivity index (χ0) is 21.6. The number of allylic oxidation sites excluding steroid dienone is 3. The van der Waals surface area contributed by atoms with Gasteiger partial charge >= 0.3 is 0 Å². The molecule has 0 saturated carbocycles. The maximum absolute atomic E-state index is 4.84. The summed E-state index contributed by atoms with van der Waals surface area (Å²) in [5.74, 6) is 0. The molecule has 0 aromatic carbocycles. The van der Waals surface area contributed by atoms with Gasteiger partial charge in [0.25, 0.3) is 0 Å². The van der Waals surface area contributed by atoms with E-state index in [4.69, 9.17) is 15.0 Å². The average Bonchev–Trinajstić information content (AvgIpc) is 2.72. The first-order valence-electron chi connectivity index (χ1n) is 11.5. The van der Waals surface area contributed by atoms with E-state index in [2.05, 4.69) is 49.5 Å². The summed E-state index contributed by atoms with van der Waals surface area (Å²) >= 11 is 0. The third-order valence-electron chi connectivity index (χ3n) is 5.49. The van der Waals surface area contributed by atoms with E-state index in [-0.39, 0.29) is 0 Å². The van der Waals surface area contributed by atoms with Crippen LogP contribution in [0, 0.1) is 0 Å². The summed E-state index contributed by atoms with van der Waals surface area (Å²) in [4.78, 5) is 19.1. The van der Waals surface area contributed by atoms with Crippen molar-refractivity contribution in [2.24, 2.45) is 20.0 Å². The van der Waals surface area contributed by atoms with Crippen molar-refractivity contribution in [3.8, 4) is 0 Å². The minimum atomic E-state index is 0.775. The molecule has 3 rings (SSSR count). The summed E-state index contributed by atoms with van der Waals surface area (Å²) < 4.78 is 0. The first kappa shape index (κ1) is 24.0. The van der Waals surface area contributed by atoms with Crippen LogP contribution in [0.15, 0.2) is 43.0 Å². The van der Waals surface area contributed by atoms with Gasteiger partial charge in [-0.25, -0.2) is 0 Å². The molecule has 0 amide bonds. The number of rotatable bonds is 0. The molecule has 0 radical (unpaired) electrons. The first-order valence-corrected chi connectivity index (χ1v) is 11.5. The lowest BCUT2D eigenvalue weighted by Crippen LogP contribution is -2.18. The SMILES string of the molecule is CC1=NCCCCCCN/C(C)=C2/C=NCCCN/C=C/1C(C)=NCCCN=C2C. The van der Waals surface area contributed by atoms with E-state index in [1.807, 2.05) is 6.21 Å². The summed E-state index contributed by atoms with van der Waals surface area (Å²) in [6.07, 6.45) is 10.7. The van der Waals surface area contributed by atoms with Crippen LogP contribution in [0.4, 0.5) is 0 Å². The highest BCUT2D eigenvalue weighted by atomic mass is 14.9. The van der Waals surface area contributed by atoms with Crippen molar-refractivity contribution in [3.63, 3.8) is 0 Å². The van der Waals surface area contributed by atoms with Crippen molar-refractivity contribution in [2.45, 2.75) is 66.2 Å². The molecule has 30 heavy (non-hydrogen) atoms. The standard InChI is InChI=1S/C24H40N6/c1-19-23-17-25-11-9-12-26-18-24(22(4)30-16-10-15-29-21(23)3)20(2)28-14-8-6-5-7-13-27-19/h17-18,25,28H,5-16H2,1-4H3/b23-17-,24-20-,26-18?,27-19?,29-21?,30-22?. The van der Waals surface area contributed by atoms with Crippen LogP contribution in [0.25, 0.3) is 0 Å². The number of nitrogens with one attached hydrogen (secondary N) is 2. The Morgan fingerprint density at radius 3 is 2.10 bits per heavy atom. The fraction of sp³-hybridized carbons (Fsp3) is 0.667. The maximum atomic E-state index is 4.84. The van der Waals surface area contributed by atoms with Gasteiger partial charge in [0.2, 0.25) is 0 Å². The topological polar surface area (TPSA) is 73.5 Å². The number of nitrogens with zero attached hydrogens (tertiary/aromatic N) is 4. The van der Waals surface area contributed by atoms with E-state index in [9.17, 15) is 0 Å². The van der Waals surface area contributed by atoms with Crippen LogP contribution in [0.1, 0.15) is 66.2 Å². The predicted octanol–water partition coefficient (Wildman–Crippen LogP) is 4.14. The minimum Gasteiger partial charge on any atom is -0.390 e. The van der Waals surface area contributed by atoms with Gasteiger partial charge in [0, 0.05) is 85.7 Å². The van der Waals surface area contributed by atoms with E-state index in [0.717, 1.165) is 86.8 Å². The Morgan fingerprint density at radius 1 is 0.667 bits per heavy atom. The van der Waals surface area contributed by atoms with E-state index >= 15 is 0 Å². The summed E-state index contributed by atoms with van der Waals surface area (Å²) in [6, 6.07) is 0. The molecule has 6 heteroatoms. The second-order valence-electron chi connectivity index (χ2n) is 8.04. The molecule has 3 aliphatic rings. The number of fused-ring (bicyclic) bond motifs is 17. The van der Waals surface area contributed by atoms with Gasteiger partial charge in [-0.2, -0.15) is 0 Å². The van der Waals surface area contributed by atoms with Crippen molar-refractivity contribution in [3.05, 3.63) is 23.0 Å². The van der Waals surface area contributed by atoms with Gasteiger partial charge < -0.3 is 10.6 Å². The van der Waals surface area contributed by atoms with Crippen LogP contribution in [0.3, 0.4) is 0 Å². The molecule has 0 spiro atoms. The third-order valence-corrected chi connectivity index (χ3v) is 5.49. The third kappa shape index (κ3) is 8.64. The lowest BCUT2D eigenvalue weighted by molar-refractivity contribution is 0.622. The van der Waals surface area contributed by atoms with Gasteiger partial charge in [0.1, 0.15) is 0 Å². The van der Waals surface area contributed by atoms with E-state index in [1.54, 1.807) is 0 Å². The quantitative estimate of drug-likeness (QED) is 0.627. The normalized spacial score (nSPS) is 25.6. The Bertz CT molecular complexity index is 724. The van der Waals surface area contributed by atoms with Crippen LogP contribution in [-0.2, 0) is 0 Å². The number of hydrogen-bond acceptors (Lipinski definition) is 6. The molecule has 166 valence electrons. The summed E-state index contributed by atoms with van der Waals surface area (Å²) in [5, 5.41) is 7.03. The smallest absolute Gasteiger partial charge is 0.0422 e. The monoisotopic (exact) mass is 412 g/mol. The van der Waals surface area contributed by atoms with Gasteiger partial charge in [0.05, 0.1) is 0 Å². The zero-order valence-electron chi connectivity index (χ0n) is 19.4. The molecule has 0 unspecified atom stereocenters. The Balaban J connectivity index is 2.35. The average molecular weight is 413 g/mol. The van der Waals surface area contributed by atoms with Gasteiger partial charge in [-0.15, -0.1) is 0 Å². The van der Waals surface area contributed by atoms with Crippen molar-refractivity contribution in [1.29, 1.82) is 0 Å². The molecule has 0 aromatic rings. The van der Waals surface area contributed by atoms with E-state index in [0.29, 0.717) is 0 Å². The van der Waals surface area contributed by atoms with Crippen LogP contribution in [-0.4, -0.2) is 62.6 Å². The van der Waals surface area contributed by atoms with Gasteiger partial charge in [-0.05, 0) is 53.4 Å². The molecule has 0 aromatic heterocycles. The molecular weight excluding hydrogens is 372 g/mol.